The van der Waals surface area contributed by atoms with Gasteiger partial charge in [-0.15, -0.1) is 0 Å². The molecule has 1 aliphatic carbocycles. The van der Waals surface area contributed by atoms with Gasteiger partial charge in [-0.25, -0.2) is 0 Å². The van der Waals surface area contributed by atoms with Crippen molar-refractivity contribution in [2.45, 2.75) is 53.9 Å². The summed E-state index contributed by atoms with van der Waals surface area (Å²) >= 11 is 2.35. The third-order valence-corrected chi connectivity index (χ3v) is 5.41. The molecule has 22 heavy (non-hydrogen) atoms. The summed E-state index contributed by atoms with van der Waals surface area (Å²) in [5.41, 5.74) is 5.53. The predicted molar refractivity (Wildman–Crippen MR) is 105 cm³/mol. The van der Waals surface area contributed by atoms with Crippen molar-refractivity contribution in [3.05, 3.63) is 56.3 Å². The van der Waals surface area contributed by atoms with Crippen molar-refractivity contribution >= 4 is 22.6 Å². The predicted octanol–water partition coefficient (Wildman–Crippen LogP) is 6.80. The van der Waals surface area contributed by atoms with Crippen LogP contribution in [0.2, 0.25) is 0 Å². The lowest BCUT2D eigenvalue weighted by Crippen LogP contribution is -2.19. The first-order chi connectivity index (χ1) is 10.3. The molecule has 0 bridgehead atoms. The summed E-state index contributed by atoms with van der Waals surface area (Å²) in [6, 6.07) is 2.05. The third kappa shape index (κ3) is 5.61. The van der Waals surface area contributed by atoms with Gasteiger partial charge in [-0.05, 0) is 90.8 Å². The molecule has 1 nitrogen and oxygen atoms in total. The molecule has 0 aromatic rings. The van der Waals surface area contributed by atoms with Crippen LogP contribution in [-0.4, -0.2) is 0 Å². The number of allylic oxidation sites excluding steroid dienone is 10. The second-order valence-electron chi connectivity index (χ2n) is 6.65. The molecule has 0 spiro atoms. The van der Waals surface area contributed by atoms with Gasteiger partial charge in [0.15, 0.2) is 0 Å². The summed E-state index contributed by atoms with van der Waals surface area (Å²) in [6.07, 6.45) is 13.9. The SMILES string of the molecule is CC1=C(/C=C/C(C)=C(I)/C=C/C(C)=C/C#N)C(C)(C)CCC1. The molecule has 0 atom stereocenters. The summed E-state index contributed by atoms with van der Waals surface area (Å²) < 4.78 is 1.20. The molecule has 2 heteroatoms. The summed E-state index contributed by atoms with van der Waals surface area (Å²) in [7, 11) is 0. The van der Waals surface area contributed by atoms with E-state index in [1.165, 1.54) is 39.6 Å². The smallest absolute Gasteiger partial charge is 0.0914 e. The van der Waals surface area contributed by atoms with Crippen LogP contribution < -0.4 is 0 Å². The zero-order chi connectivity index (χ0) is 16.8. The van der Waals surface area contributed by atoms with Gasteiger partial charge in [-0.2, -0.15) is 5.26 Å². The van der Waals surface area contributed by atoms with Crippen LogP contribution in [0.1, 0.15) is 53.9 Å². The summed E-state index contributed by atoms with van der Waals surface area (Å²) in [6.45, 7) is 11.0. The number of hydrogen-bond donors (Lipinski definition) is 0. The summed E-state index contributed by atoms with van der Waals surface area (Å²) in [5, 5.41) is 8.62. The van der Waals surface area contributed by atoms with Crippen molar-refractivity contribution < 1.29 is 0 Å². The van der Waals surface area contributed by atoms with Crippen LogP contribution in [0.5, 0.6) is 0 Å². The van der Waals surface area contributed by atoms with Crippen LogP contribution in [0.4, 0.5) is 0 Å². The van der Waals surface area contributed by atoms with E-state index >= 15 is 0 Å². The highest BCUT2D eigenvalue weighted by atomic mass is 127. The molecule has 0 fully saturated rings. The molecular weight excluding hydrogens is 381 g/mol. The fourth-order valence-corrected chi connectivity index (χ4v) is 3.14. The van der Waals surface area contributed by atoms with E-state index < -0.39 is 0 Å². The minimum atomic E-state index is 0.284. The first-order valence-corrected chi connectivity index (χ1v) is 8.85. The maximum absolute atomic E-state index is 8.62. The Morgan fingerprint density at radius 3 is 2.50 bits per heavy atom. The van der Waals surface area contributed by atoms with Gasteiger partial charge >= 0.3 is 0 Å². The van der Waals surface area contributed by atoms with E-state index in [0.29, 0.717) is 0 Å². The van der Waals surface area contributed by atoms with E-state index in [1.54, 1.807) is 6.08 Å². The van der Waals surface area contributed by atoms with Crippen LogP contribution in [0.25, 0.3) is 0 Å². The van der Waals surface area contributed by atoms with Crippen molar-refractivity contribution in [3.63, 3.8) is 0 Å². The van der Waals surface area contributed by atoms with E-state index in [9.17, 15) is 0 Å². The lowest BCUT2D eigenvalue weighted by atomic mass is 9.72. The van der Waals surface area contributed by atoms with Gasteiger partial charge in [-0.1, -0.05) is 37.6 Å². The maximum Gasteiger partial charge on any atom is 0.0914 e. The molecule has 0 N–H and O–H groups in total. The molecule has 0 amide bonds. The molecule has 0 radical (unpaired) electrons. The number of nitrogens with zero attached hydrogens (tertiary/aromatic N) is 1. The maximum atomic E-state index is 8.62. The van der Waals surface area contributed by atoms with Crippen molar-refractivity contribution in [2.24, 2.45) is 5.41 Å². The van der Waals surface area contributed by atoms with Crippen molar-refractivity contribution in [2.75, 3.05) is 0 Å². The number of halogens is 1. The third-order valence-electron chi connectivity index (χ3n) is 4.20. The Balaban J connectivity index is 2.95. The van der Waals surface area contributed by atoms with Crippen LogP contribution >= 0.6 is 22.6 Å². The molecule has 0 heterocycles. The van der Waals surface area contributed by atoms with Crippen LogP contribution in [0, 0.1) is 16.7 Å². The number of hydrogen-bond acceptors (Lipinski definition) is 1. The Morgan fingerprint density at radius 2 is 1.91 bits per heavy atom. The first kappa shape index (κ1) is 19.0. The Bertz CT molecular complexity index is 604. The van der Waals surface area contributed by atoms with Gasteiger partial charge in [0.2, 0.25) is 0 Å². The molecule has 0 unspecified atom stereocenters. The topological polar surface area (TPSA) is 23.8 Å². The van der Waals surface area contributed by atoms with Gasteiger partial charge in [-0.3, -0.25) is 0 Å². The fourth-order valence-electron chi connectivity index (χ4n) is 2.78. The van der Waals surface area contributed by atoms with Crippen LogP contribution in [-0.2, 0) is 0 Å². The fraction of sp³-hybridized carbons (Fsp3) is 0.450. The molecule has 0 aromatic heterocycles. The largest absolute Gasteiger partial charge is 0.193 e. The lowest BCUT2D eigenvalue weighted by Gasteiger charge is -2.33. The zero-order valence-electron chi connectivity index (χ0n) is 14.3. The Kier molecular flexibility index (Phi) is 7.35. The van der Waals surface area contributed by atoms with E-state index in [1.807, 2.05) is 13.0 Å². The number of rotatable bonds is 4. The average Bonchev–Trinajstić information content (AvgIpc) is 2.43. The van der Waals surface area contributed by atoms with E-state index in [0.717, 1.165) is 5.57 Å². The molecule has 118 valence electrons. The highest BCUT2D eigenvalue weighted by Crippen LogP contribution is 2.40. The molecule has 0 aromatic carbocycles. The van der Waals surface area contributed by atoms with E-state index in [-0.39, 0.29) is 5.41 Å². The van der Waals surface area contributed by atoms with Gasteiger partial charge in [0.1, 0.15) is 0 Å². The van der Waals surface area contributed by atoms with Gasteiger partial charge in [0.25, 0.3) is 0 Å². The van der Waals surface area contributed by atoms with Crippen molar-refractivity contribution in [1.82, 2.24) is 0 Å². The lowest BCUT2D eigenvalue weighted by molar-refractivity contribution is 0.377. The molecular formula is C20H26IN. The minimum Gasteiger partial charge on any atom is -0.193 e. The van der Waals surface area contributed by atoms with Gasteiger partial charge < -0.3 is 0 Å². The minimum absolute atomic E-state index is 0.284. The molecule has 0 aliphatic heterocycles. The Morgan fingerprint density at radius 1 is 1.23 bits per heavy atom. The monoisotopic (exact) mass is 407 g/mol. The second-order valence-corrected chi connectivity index (χ2v) is 7.81. The zero-order valence-corrected chi connectivity index (χ0v) is 16.5. The van der Waals surface area contributed by atoms with Gasteiger partial charge in [0, 0.05) is 9.66 Å². The van der Waals surface area contributed by atoms with Crippen LogP contribution in [0.3, 0.4) is 0 Å². The standard InChI is InChI=1S/C20H26IN/c1-15(12-14-22)8-11-19(21)17(3)9-10-18-16(2)7-6-13-20(18,4)5/h8-12H,6-7,13H2,1-5H3/b10-9+,11-8+,15-12+,19-17-. The normalized spacial score (nSPS) is 20.5. The summed E-state index contributed by atoms with van der Waals surface area (Å²) in [4.78, 5) is 0. The van der Waals surface area contributed by atoms with Crippen LogP contribution in [0.15, 0.2) is 56.3 Å². The summed E-state index contributed by atoms with van der Waals surface area (Å²) in [5.74, 6) is 0. The van der Waals surface area contributed by atoms with Gasteiger partial charge in [0.05, 0.1) is 6.07 Å². The molecule has 1 rings (SSSR count). The highest BCUT2D eigenvalue weighted by molar-refractivity contribution is 14.1. The molecule has 1 aliphatic rings. The molecule has 0 saturated carbocycles. The highest BCUT2D eigenvalue weighted by Gasteiger charge is 2.26. The van der Waals surface area contributed by atoms with E-state index in [2.05, 4.69) is 74.6 Å². The quantitative estimate of drug-likeness (QED) is 0.286. The number of nitriles is 1. The molecule has 0 saturated heterocycles. The Labute approximate surface area is 149 Å². The average molecular weight is 407 g/mol. The van der Waals surface area contributed by atoms with E-state index in [4.69, 9.17) is 5.26 Å². The van der Waals surface area contributed by atoms with Crippen molar-refractivity contribution in [1.29, 1.82) is 5.26 Å². The Hall–Kier alpha value is -1.08. The van der Waals surface area contributed by atoms with Crippen molar-refractivity contribution in [3.8, 4) is 6.07 Å². The first-order valence-electron chi connectivity index (χ1n) is 7.77. The second kappa shape index (κ2) is 8.53.